The number of ether oxygens (including phenoxy) is 1. The molecule has 6 heteroatoms. The normalized spacial score (nSPS) is 11.1. The van der Waals surface area contributed by atoms with Gasteiger partial charge in [0.05, 0.1) is 7.11 Å². The minimum Gasteiger partial charge on any atom is -0.665 e. The van der Waals surface area contributed by atoms with Gasteiger partial charge in [0.15, 0.2) is 0 Å². The minimum atomic E-state index is -0.937. The van der Waals surface area contributed by atoms with Gasteiger partial charge in [-0.15, -0.1) is 0 Å². The van der Waals surface area contributed by atoms with Crippen molar-refractivity contribution >= 4 is 17.6 Å². The maximum absolute atomic E-state index is 12.2. The molecule has 2 aromatic carbocycles. The monoisotopic (exact) mass is 495 g/mol. The summed E-state index contributed by atoms with van der Waals surface area (Å²) in [5, 5.41) is 2.82. The number of methoxy groups -OCH3 is 1. The van der Waals surface area contributed by atoms with E-state index in [9.17, 15) is 9.59 Å². The van der Waals surface area contributed by atoms with E-state index < -0.39 is 12.0 Å². The predicted octanol–water partition coefficient (Wildman–Crippen LogP) is 3.38. The van der Waals surface area contributed by atoms with Gasteiger partial charge in [0.1, 0.15) is 0 Å². The number of esters is 1. The SMILES string of the molecule is COC(=O)C([NH-])Cc1ccc(NC(=O)c2cccc(C)c2)cc1.[W+2]. The van der Waals surface area contributed by atoms with Crippen LogP contribution in [0.1, 0.15) is 21.5 Å². The molecule has 5 nitrogen and oxygen atoms in total. The molecular weight excluding hydrogens is 476 g/mol. The Morgan fingerprint density at radius 1 is 1.17 bits per heavy atom. The molecule has 1 atom stereocenters. The van der Waals surface area contributed by atoms with E-state index in [1.54, 1.807) is 30.3 Å². The molecule has 2 N–H and O–H groups in total. The molecule has 0 aliphatic rings. The van der Waals surface area contributed by atoms with Crippen LogP contribution >= 0.6 is 0 Å². The first-order valence-electron chi connectivity index (χ1n) is 7.25. The Labute approximate surface area is 155 Å². The standard InChI is InChI=1S/C18H19N2O3.W/c1-12-4-3-5-14(10-12)17(21)20-15-8-6-13(7-9-15)11-16(19)18(22)23-2;/h3-10,16,19H,11H2,1-2H3,(H,20,21);/q-1;+2. The maximum Gasteiger partial charge on any atom is 2.00 e. The number of amides is 1. The summed E-state index contributed by atoms with van der Waals surface area (Å²) >= 11 is 0. The Bertz CT molecular complexity index is 702. The fourth-order valence-electron chi connectivity index (χ4n) is 2.18. The molecule has 1 unspecified atom stereocenters. The Kier molecular flexibility index (Phi) is 7.82. The first kappa shape index (κ1) is 20.1. The molecule has 0 saturated carbocycles. The molecule has 0 fully saturated rings. The van der Waals surface area contributed by atoms with E-state index in [-0.39, 0.29) is 33.4 Å². The third kappa shape index (κ3) is 5.59. The van der Waals surface area contributed by atoms with Crippen molar-refractivity contribution in [2.75, 3.05) is 12.4 Å². The van der Waals surface area contributed by atoms with Gasteiger partial charge in [0.2, 0.25) is 0 Å². The van der Waals surface area contributed by atoms with Gasteiger partial charge in [-0.05, 0) is 49.2 Å². The molecule has 2 aromatic rings. The maximum atomic E-state index is 12.2. The number of anilines is 1. The van der Waals surface area contributed by atoms with Crippen molar-refractivity contribution in [3.05, 3.63) is 71.0 Å². The van der Waals surface area contributed by atoms with Crippen LogP contribution in [0.5, 0.6) is 0 Å². The third-order valence-corrected chi connectivity index (χ3v) is 3.42. The van der Waals surface area contributed by atoms with Crippen LogP contribution in [-0.2, 0) is 37.0 Å². The number of rotatable bonds is 5. The summed E-state index contributed by atoms with van der Waals surface area (Å²) in [4.78, 5) is 23.4. The van der Waals surface area contributed by atoms with Gasteiger partial charge in [-0.3, -0.25) is 9.59 Å². The van der Waals surface area contributed by atoms with Crippen LogP contribution in [-0.4, -0.2) is 25.0 Å². The Hall–Kier alpha value is -1.97. The van der Waals surface area contributed by atoms with Crippen LogP contribution in [0.15, 0.2) is 48.5 Å². The Morgan fingerprint density at radius 3 is 2.42 bits per heavy atom. The molecule has 0 radical (unpaired) electrons. The number of hydrogen-bond donors (Lipinski definition) is 1. The van der Waals surface area contributed by atoms with E-state index in [1.807, 2.05) is 25.1 Å². The third-order valence-electron chi connectivity index (χ3n) is 3.42. The fourth-order valence-corrected chi connectivity index (χ4v) is 2.18. The van der Waals surface area contributed by atoms with E-state index in [0.717, 1.165) is 11.1 Å². The van der Waals surface area contributed by atoms with Crippen LogP contribution in [0.3, 0.4) is 0 Å². The Balaban J connectivity index is 0.00000288. The summed E-state index contributed by atoms with van der Waals surface area (Å²) in [5.74, 6) is -0.726. The summed E-state index contributed by atoms with van der Waals surface area (Å²) in [6.07, 6.45) is 0.277. The second-order valence-corrected chi connectivity index (χ2v) is 5.30. The van der Waals surface area contributed by atoms with Crippen LogP contribution in [0.25, 0.3) is 5.73 Å². The van der Waals surface area contributed by atoms with Gasteiger partial charge in [-0.25, -0.2) is 0 Å². The first-order chi connectivity index (χ1) is 11.0. The van der Waals surface area contributed by atoms with Gasteiger partial charge in [0.25, 0.3) is 11.9 Å². The van der Waals surface area contributed by atoms with Crippen LogP contribution in [0.2, 0.25) is 0 Å². The average molecular weight is 495 g/mol. The van der Waals surface area contributed by atoms with Crippen LogP contribution in [0.4, 0.5) is 5.69 Å². The van der Waals surface area contributed by atoms with Crippen molar-refractivity contribution in [1.82, 2.24) is 0 Å². The molecule has 0 bridgehead atoms. The van der Waals surface area contributed by atoms with Gasteiger partial charge in [0, 0.05) is 11.3 Å². The zero-order chi connectivity index (χ0) is 16.8. The number of nitrogens with one attached hydrogen (secondary N) is 2. The quantitative estimate of drug-likeness (QED) is 0.647. The largest absolute Gasteiger partial charge is 2.00 e. The molecule has 0 spiro atoms. The summed E-state index contributed by atoms with van der Waals surface area (Å²) in [6.45, 7) is 1.93. The number of hydrogen-bond acceptors (Lipinski definition) is 3. The Morgan fingerprint density at radius 2 is 1.83 bits per heavy atom. The minimum absolute atomic E-state index is 0. The molecule has 0 aliphatic carbocycles. The van der Waals surface area contributed by atoms with Gasteiger partial charge in [-0.1, -0.05) is 29.8 Å². The van der Waals surface area contributed by atoms with Crippen LogP contribution < -0.4 is 5.32 Å². The summed E-state index contributed by atoms with van der Waals surface area (Å²) in [5.41, 5.74) is 10.8. The molecule has 0 heterocycles. The van der Waals surface area contributed by atoms with E-state index >= 15 is 0 Å². The van der Waals surface area contributed by atoms with Gasteiger partial charge >= 0.3 is 21.1 Å². The van der Waals surface area contributed by atoms with E-state index in [4.69, 9.17) is 5.73 Å². The topological polar surface area (TPSA) is 79.2 Å². The molecule has 0 aliphatic heterocycles. The number of benzene rings is 2. The molecule has 1 amide bonds. The van der Waals surface area contributed by atoms with Gasteiger partial charge < -0.3 is 15.8 Å². The summed E-state index contributed by atoms with van der Waals surface area (Å²) in [7, 11) is 1.27. The number of aryl methyl sites for hydroxylation is 1. The predicted molar refractivity (Wildman–Crippen MR) is 89.4 cm³/mol. The van der Waals surface area contributed by atoms with Crippen molar-refractivity contribution in [3.8, 4) is 0 Å². The molecule has 124 valence electrons. The van der Waals surface area contributed by atoms with Crippen LogP contribution in [0, 0.1) is 6.92 Å². The van der Waals surface area contributed by atoms with Crippen molar-refractivity contribution in [2.24, 2.45) is 0 Å². The number of carbonyl (C=O) groups excluding carboxylic acids is 2. The average Bonchev–Trinajstić information content (AvgIpc) is 2.55. The molecule has 24 heavy (non-hydrogen) atoms. The zero-order valence-electron chi connectivity index (χ0n) is 13.5. The van der Waals surface area contributed by atoms with Crippen molar-refractivity contribution in [3.63, 3.8) is 0 Å². The second kappa shape index (κ2) is 9.35. The summed E-state index contributed by atoms with van der Waals surface area (Å²) < 4.78 is 4.54. The van der Waals surface area contributed by atoms with E-state index in [0.29, 0.717) is 11.3 Å². The van der Waals surface area contributed by atoms with E-state index in [1.165, 1.54) is 7.11 Å². The molecule has 2 rings (SSSR count). The molecule has 0 aromatic heterocycles. The smallest absolute Gasteiger partial charge is 0.665 e. The van der Waals surface area contributed by atoms with Gasteiger partial charge in [-0.2, -0.15) is 0 Å². The molecular formula is C18H19N2O3W+. The number of carbonyl (C=O) groups is 2. The zero-order valence-corrected chi connectivity index (χ0v) is 16.5. The van der Waals surface area contributed by atoms with Crippen molar-refractivity contribution in [1.29, 1.82) is 0 Å². The van der Waals surface area contributed by atoms with Crippen molar-refractivity contribution in [2.45, 2.75) is 19.4 Å². The van der Waals surface area contributed by atoms with Crippen molar-refractivity contribution < 1.29 is 35.4 Å². The second-order valence-electron chi connectivity index (χ2n) is 5.30. The first-order valence-corrected chi connectivity index (χ1v) is 7.25. The van der Waals surface area contributed by atoms with E-state index in [2.05, 4.69) is 10.1 Å². The fraction of sp³-hybridized carbons (Fsp3) is 0.222. The molecule has 0 saturated heterocycles. The summed E-state index contributed by atoms with van der Waals surface area (Å²) in [6, 6.07) is 13.5.